The molecule has 1 aliphatic rings. The number of hydrogen-bond donors (Lipinski definition) is 2. The highest BCUT2D eigenvalue weighted by atomic mass is 35.5. The third-order valence-corrected chi connectivity index (χ3v) is 7.24. The fourth-order valence-electron chi connectivity index (χ4n) is 3.78. The van der Waals surface area contributed by atoms with Gasteiger partial charge in [-0.25, -0.2) is 0 Å². The van der Waals surface area contributed by atoms with Gasteiger partial charge in [0.25, 0.3) is 5.91 Å². The Morgan fingerprint density at radius 3 is 2.19 bits per heavy atom. The third-order valence-electron chi connectivity index (χ3n) is 5.53. The number of halogens is 5. The molecule has 1 aliphatic carbocycles. The van der Waals surface area contributed by atoms with E-state index in [-0.39, 0.29) is 10.6 Å². The normalized spacial score (nSPS) is 18.1. The van der Waals surface area contributed by atoms with Gasteiger partial charge in [-0.05, 0) is 59.7 Å². The van der Waals surface area contributed by atoms with Crippen molar-refractivity contribution >= 4 is 87.4 Å². The fraction of sp³-hybridized carbons (Fsp3) is 0.160. The zero-order valence-electron chi connectivity index (χ0n) is 18.6. The summed E-state index contributed by atoms with van der Waals surface area (Å²) >= 11 is 31.3. The molecule has 0 saturated heterocycles. The van der Waals surface area contributed by atoms with Gasteiger partial charge in [-0.15, -0.1) is 23.2 Å². The van der Waals surface area contributed by atoms with Gasteiger partial charge in [0.1, 0.15) is 11.4 Å². The Hall–Kier alpha value is -2.48. The van der Waals surface area contributed by atoms with Crippen molar-refractivity contribution in [2.75, 3.05) is 17.7 Å². The highest BCUT2D eigenvalue weighted by Gasteiger charge is 2.67. The smallest absolute Gasteiger partial charge is 0.257 e. The number of nitrogens with zero attached hydrogens (tertiary/aromatic N) is 1. The molecule has 1 saturated carbocycles. The SMILES string of the molecule is CO/N=C/c1ccc(NC(=O)c2cc(NC(=O)C3C(c4cc(Cl)cc(Cl)c4)C3(Cl)Cl)ccc2Cl)cc1. The Morgan fingerprint density at radius 1 is 0.917 bits per heavy atom. The second kappa shape index (κ2) is 10.9. The van der Waals surface area contributed by atoms with Crippen LogP contribution in [0.2, 0.25) is 15.1 Å². The molecule has 0 aliphatic heterocycles. The average molecular weight is 586 g/mol. The zero-order valence-corrected chi connectivity index (χ0v) is 22.3. The summed E-state index contributed by atoms with van der Waals surface area (Å²) in [4.78, 5) is 30.5. The maximum absolute atomic E-state index is 13.0. The first-order chi connectivity index (χ1) is 17.1. The van der Waals surface area contributed by atoms with Crippen LogP contribution in [0.15, 0.2) is 65.8 Å². The van der Waals surface area contributed by atoms with Crippen LogP contribution in [0.3, 0.4) is 0 Å². The van der Waals surface area contributed by atoms with Crippen molar-refractivity contribution in [3.8, 4) is 0 Å². The molecule has 3 aromatic carbocycles. The summed E-state index contributed by atoms with van der Waals surface area (Å²) in [6.45, 7) is 0. The topological polar surface area (TPSA) is 79.8 Å². The van der Waals surface area contributed by atoms with E-state index in [4.69, 9.17) is 58.0 Å². The molecule has 4 rings (SSSR count). The number of hydrogen-bond acceptors (Lipinski definition) is 4. The van der Waals surface area contributed by atoms with Crippen LogP contribution in [0.5, 0.6) is 0 Å². The van der Waals surface area contributed by atoms with E-state index in [1.54, 1.807) is 48.5 Å². The fourth-order valence-corrected chi connectivity index (χ4v) is 5.36. The number of carbonyl (C=O) groups is 2. The lowest BCUT2D eigenvalue weighted by Gasteiger charge is -2.10. The second-order valence-corrected chi connectivity index (χ2v) is 10.7. The van der Waals surface area contributed by atoms with E-state index in [1.807, 2.05) is 0 Å². The van der Waals surface area contributed by atoms with Crippen molar-refractivity contribution in [2.24, 2.45) is 11.1 Å². The average Bonchev–Trinajstić information content (AvgIpc) is 3.41. The van der Waals surface area contributed by atoms with E-state index in [0.29, 0.717) is 27.0 Å². The molecule has 0 bridgehead atoms. The molecule has 2 N–H and O–H groups in total. The van der Waals surface area contributed by atoms with E-state index >= 15 is 0 Å². The molecule has 0 aromatic heterocycles. The first-order valence-electron chi connectivity index (χ1n) is 10.5. The molecule has 186 valence electrons. The van der Waals surface area contributed by atoms with Crippen LogP contribution in [0, 0.1) is 5.92 Å². The first-order valence-corrected chi connectivity index (χ1v) is 12.4. The Balaban J connectivity index is 1.47. The second-order valence-electron chi connectivity index (χ2n) is 8.01. The Kier molecular flexibility index (Phi) is 8.03. The molecule has 2 amide bonds. The molecule has 36 heavy (non-hydrogen) atoms. The Bertz CT molecular complexity index is 1330. The lowest BCUT2D eigenvalue weighted by atomic mass is 10.1. The third kappa shape index (κ3) is 5.90. The molecule has 1 fully saturated rings. The number of benzene rings is 3. The number of alkyl halides is 2. The van der Waals surface area contributed by atoms with Crippen molar-refractivity contribution in [3.05, 3.63) is 92.4 Å². The Morgan fingerprint density at radius 2 is 1.56 bits per heavy atom. The zero-order chi connectivity index (χ0) is 26.0. The number of nitrogens with one attached hydrogen (secondary N) is 2. The minimum Gasteiger partial charge on any atom is -0.399 e. The van der Waals surface area contributed by atoms with Crippen molar-refractivity contribution in [2.45, 2.75) is 10.3 Å². The van der Waals surface area contributed by atoms with Gasteiger partial charge in [-0.1, -0.05) is 52.1 Å². The van der Waals surface area contributed by atoms with Gasteiger partial charge < -0.3 is 15.5 Å². The van der Waals surface area contributed by atoms with E-state index < -0.39 is 28.0 Å². The van der Waals surface area contributed by atoms with Crippen LogP contribution in [0.1, 0.15) is 27.4 Å². The standard InChI is InChI=1S/C25H18Cl5N3O3/c1-36-31-12-13-2-4-17(5-3-13)32-23(34)19-11-18(6-7-20(19)28)33-24(35)22-21(25(22,29)30)14-8-15(26)10-16(27)9-14/h2-12,21-22H,1H3,(H,32,34)(H,33,35)/b31-12+. The molecule has 2 atom stereocenters. The minimum atomic E-state index is -1.33. The van der Waals surface area contributed by atoms with Gasteiger partial charge in [0, 0.05) is 27.3 Å². The van der Waals surface area contributed by atoms with E-state index in [9.17, 15) is 9.59 Å². The lowest BCUT2D eigenvalue weighted by molar-refractivity contribution is -0.117. The minimum absolute atomic E-state index is 0.177. The van der Waals surface area contributed by atoms with E-state index in [0.717, 1.165) is 5.56 Å². The lowest BCUT2D eigenvalue weighted by Crippen LogP contribution is -2.18. The number of carbonyl (C=O) groups excluding carboxylic acids is 2. The van der Waals surface area contributed by atoms with Crippen LogP contribution in [0.25, 0.3) is 0 Å². The number of rotatable bonds is 7. The summed E-state index contributed by atoms with van der Waals surface area (Å²) in [7, 11) is 1.45. The first kappa shape index (κ1) is 26.6. The molecule has 6 nitrogen and oxygen atoms in total. The predicted molar refractivity (Wildman–Crippen MR) is 146 cm³/mol. The van der Waals surface area contributed by atoms with Gasteiger partial charge in [-0.2, -0.15) is 0 Å². The van der Waals surface area contributed by atoms with Gasteiger partial charge in [0.15, 0.2) is 0 Å². The number of amides is 2. The molecule has 2 unspecified atom stereocenters. The largest absolute Gasteiger partial charge is 0.399 e. The van der Waals surface area contributed by atoms with Crippen LogP contribution in [0.4, 0.5) is 11.4 Å². The van der Waals surface area contributed by atoms with Crippen LogP contribution < -0.4 is 10.6 Å². The van der Waals surface area contributed by atoms with Gasteiger partial charge >= 0.3 is 0 Å². The summed E-state index contributed by atoms with van der Waals surface area (Å²) < 4.78 is -1.33. The van der Waals surface area contributed by atoms with Crippen molar-refractivity contribution < 1.29 is 14.4 Å². The number of anilines is 2. The molecule has 3 aromatic rings. The quantitative estimate of drug-likeness (QED) is 0.172. The van der Waals surface area contributed by atoms with Crippen molar-refractivity contribution in [1.29, 1.82) is 0 Å². The Labute approximate surface area is 232 Å². The van der Waals surface area contributed by atoms with E-state index in [2.05, 4.69) is 20.6 Å². The summed E-state index contributed by atoms with van der Waals surface area (Å²) in [5.74, 6) is -2.10. The molecular weight excluding hydrogens is 568 g/mol. The highest BCUT2D eigenvalue weighted by Crippen LogP contribution is 2.65. The summed E-state index contributed by atoms with van der Waals surface area (Å²) in [6.07, 6.45) is 1.54. The summed E-state index contributed by atoms with van der Waals surface area (Å²) in [5.41, 5.74) is 2.55. The molecule has 11 heteroatoms. The van der Waals surface area contributed by atoms with E-state index in [1.165, 1.54) is 25.5 Å². The maximum atomic E-state index is 13.0. The molecule has 0 spiro atoms. The van der Waals surface area contributed by atoms with Crippen molar-refractivity contribution in [1.82, 2.24) is 0 Å². The van der Waals surface area contributed by atoms with Gasteiger partial charge in [-0.3, -0.25) is 9.59 Å². The molecular formula is C25H18Cl5N3O3. The predicted octanol–water partition coefficient (Wildman–Crippen LogP) is 7.41. The summed E-state index contributed by atoms with van der Waals surface area (Å²) in [5, 5.41) is 10.3. The van der Waals surface area contributed by atoms with Crippen LogP contribution in [-0.2, 0) is 9.63 Å². The molecule has 0 heterocycles. The highest BCUT2D eigenvalue weighted by molar-refractivity contribution is 6.53. The maximum Gasteiger partial charge on any atom is 0.257 e. The van der Waals surface area contributed by atoms with Gasteiger partial charge in [0.2, 0.25) is 5.91 Å². The molecule has 0 radical (unpaired) electrons. The van der Waals surface area contributed by atoms with Gasteiger partial charge in [0.05, 0.1) is 22.7 Å². The van der Waals surface area contributed by atoms with Crippen molar-refractivity contribution in [3.63, 3.8) is 0 Å². The van der Waals surface area contributed by atoms with Crippen LogP contribution >= 0.6 is 58.0 Å². The monoisotopic (exact) mass is 583 g/mol. The van der Waals surface area contributed by atoms with Crippen LogP contribution in [-0.4, -0.2) is 29.5 Å². The number of oxime groups is 1. The summed E-state index contributed by atoms with van der Waals surface area (Å²) in [6, 6.07) is 16.5.